The number of benzene rings is 4. The number of aromatic nitrogens is 1. The zero-order valence-corrected chi connectivity index (χ0v) is 15.2. The van der Waals surface area contributed by atoms with Crippen LogP contribution in [-0.4, -0.2) is 21.7 Å². The number of para-hydroxylation sites is 3. The van der Waals surface area contributed by atoms with Gasteiger partial charge in [-0.3, -0.25) is 0 Å². The highest BCUT2D eigenvalue weighted by atomic mass is 16.4. The molecule has 0 aliphatic carbocycles. The van der Waals surface area contributed by atoms with E-state index in [1.165, 1.54) is 0 Å². The molecule has 0 saturated carbocycles. The maximum Gasteiger partial charge on any atom is 0.490 e. The summed E-state index contributed by atoms with van der Waals surface area (Å²) in [5, 5.41) is 22.6. The van der Waals surface area contributed by atoms with E-state index in [1.54, 1.807) is 6.07 Å². The molecule has 0 bridgehead atoms. The van der Waals surface area contributed by atoms with Gasteiger partial charge in [-0.1, -0.05) is 84.9 Å². The van der Waals surface area contributed by atoms with Gasteiger partial charge in [0.2, 0.25) is 0 Å². The molecule has 0 atom stereocenters. The highest BCUT2D eigenvalue weighted by molar-refractivity contribution is 6.60. The standard InChI is InChI=1S/C24H18BNO2/c27-25(28)21-14-8-13-18(17-9-2-1-3-10-17)24(21)26-22-15-6-4-11-19(22)20-12-5-7-16-23(20)26/h1-16,27-28H. The predicted octanol–water partition coefficient (Wildman–Crippen LogP) is 4.13. The van der Waals surface area contributed by atoms with Crippen molar-refractivity contribution in [2.45, 2.75) is 0 Å². The molecule has 0 fully saturated rings. The minimum Gasteiger partial charge on any atom is -0.423 e. The molecule has 0 unspecified atom stereocenters. The summed E-state index contributed by atoms with van der Waals surface area (Å²) in [5.41, 5.74) is 5.33. The minimum atomic E-state index is -1.57. The smallest absolute Gasteiger partial charge is 0.423 e. The summed E-state index contributed by atoms with van der Waals surface area (Å²) >= 11 is 0. The van der Waals surface area contributed by atoms with E-state index in [0.717, 1.165) is 38.6 Å². The van der Waals surface area contributed by atoms with Crippen LogP contribution >= 0.6 is 0 Å². The third-order valence-corrected chi connectivity index (χ3v) is 5.23. The Morgan fingerprint density at radius 2 is 1.14 bits per heavy atom. The highest BCUT2D eigenvalue weighted by Gasteiger charge is 2.23. The Hall–Kier alpha value is -3.34. The maximum absolute atomic E-state index is 10.2. The first-order chi connectivity index (χ1) is 13.8. The van der Waals surface area contributed by atoms with E-state index in [9.17, 15) is 10.0 Å². The van der Waals surface area contributed by atoms with Crippen LogP contribution in [0.1, 0.15) is 0 Å². The Labute approximate surface area is 163 Å². The fourth-order valence-corrected chi connectivity index (χ4v) is 4.03. The van der Waals surface area contributed by atoms with E-state index in [4.69, 9.17) is 0 Å². The van der Waals surface area contributed by atoms with Gasteiger partial charge < -0.3 is 14.6 Å². The second-order valence-corrected chi connectivity index (χ2v) is 6.85. The zero-order chi connectivity index (χ0) is 19.1. The molecule has 0 amide bonds. The van der Waals surface area contributed by atoms with Crippen LogP contribution in [0.4, 0.5) is 0 Å². The lowest BCUT2D eigenvalue weighted by Crippen LogP contribution is -2.33. The van der Waals surface area contributed by atoms with E-state index >= 15 is 0 Å². The highest BCUT2D eigenvalue weighted by Crippen LogP contribution is 2.35. The molecule has 5 rings (SSSR count). The van der Waals surface area contributed by atoms with Crippen molar-refractivity contribution in [3.8, 4) is 16.8 Å². The first kappa shape index (κ1) is 16.8. The molecular weight excluding hydrogens is 345 g/mol. The third-order valence-electron chi connectivity index (χ3n) is 5.23. The number of hydrogen-bond donors (Lipinski definition) is 2. The Morgan fingerprint density at radius 1 is 0.571 bits per heavy atom. The van der Waals surface area contributed by atoms with E-state index in [2.05, 4.69) is 28.8 Å². The quantitative estimate of drug-likeness (QED) is 0.474. The van der Waals surface area contributed by atoms with E-state index < -0.39 is 7.12 Å². The van der Waals surface area contributed by atoms with Crippen molar-refractivity contribution >= 4 is 34.4 Å². The molecule has 28 heavy (non-hydrogen) atoms. The number of rotatable bonds is 3. The largest absolute Gasteiger partial charge is 0.490 e. The van der Waals surface area contributed by atoms with Gasteiger partial charge in [0.1, 0.15) is 0 Å². The van der Waals surface area contributed by atoms with Crippen molar-refractivity contribution < 1.29 is 10.0 Å². The molecule has 2 N–H and O–H groups in total. The molecule has 1 aromatic heterocycles. The van der Waals surface area contributed by atoms with Crippen LogP contribution in [0.2, 0.25) is 0 Å². The monoisotopic (exact) mass is 363 g/mol. The van der Waals surface area contributed by atoms with Gasteiger partial charge in [0.25, 0.3) is 0 Å². The topological polar surface area (TPSA) is 45.4 Å². The first-order valence-electron chi connectivity index (χ1n) is 9.29. The molecule has 3 nitrogen and oxygen atoms in total. The van der Waals surface area contributed by atoms with Crippen LogP contribution in [0, 0.1) is 0 Å². The van der Waals surface area contributed by atoms with Gasteiger partial charge in [-0.15, -0.1) is 0 Å². The molecule has 0 spiro atoms. The summed E-state index contributed by atoms with van der Waals surface area (Å²) in [4.78, 5) is 0. The lowest BCUT2D eigenvalue weighted by atomic mass is 9.77. The molecule has 4 aromatic carbocycles. The fourth-order valence-electron chi connectivity index (χ4n) is 4.03. The molecule has 0 aliphatic heterocycles. The maximum atomic E-state index is 10.2. The first-order valence-corrected chi connectivity index (χ1v) is 9.29. The van der Waals surface area contributed by atoms with Crippen LogP contribution < -0.4 is 5.46 Å². The van der Waals surface area contributed by atoms with Crippen molar-refractivity contribution in [3.63, 3.8) is 0 Å². The minimum absolute atomic E-state index is 0.479. The van der Waals surface area contributed by atoms with Crippen molar-refractivity contribution in [1.82, 2.24) is 4.57 Å². The fraction of sp³-hybridized carbons (Fsp3) is 0. The molecule has 5 aromatic rings. The molecule has 134 valence electrons. The second-order valence-electron chi connectivity index (χ2n) is 6.85. The Morgan fingerprint density at radius 3 is 1.75 bits per heavy atom. The van der Waals surface area contributed by atoms with Gasteiger partial charge >= 0.3 is 7.12 Å². The van der Waals surface area contributed by atoms with E-state index in [-0.39, 0.29) is 0 Å². The van der Waals surface area contributed by atoms with Crippen molar-refractivity contribution in [2.75, 3.05) is 0 Å². The average molecular weight is 363 g/mol. The summed E-state index contributed by atoms with van der Waals surface area (Å²) in [7, 11) is -1.57. The molecule has 0 radical (unpaired) electrons. The lowest BCUT2D eigenvalue weighted by molar-refractivity contribution is 0.425. The number of hydrogen-bond acceptors (Lipinski definition) is 2. The second kappa shape index (κ2) is 6.68. The summed E-state index contributed by atoms with van der Waals surface area (Å²) in [6.07, 6.45) is 0. The van der Waals surface area contributed by atoms with Gasteiger partial charge in [0.05, 0.1) is 16.7 Å². The summed E-state index contributed by atoms with van der Waals surface area (Å²) in [6.45, 7) is 0. The number of nitrogens with zero attached hydrogens (tertiary/aromatic N) is 1. The van der Waals surface area contributed by atoms with Crippen molar-refractivity contribution in [1.29, 1.82) is 0 Å². The Bertz CT molecular complexity index is 1240. The normalized spacial score (nSPS) is 11.2. The Kier molecular flexibility index (Phi) is 4.01. The van der Waals surface area contributed by atoms with E-state index in [1.807, 2.05) is 66.7 Å². The molecule has 4 heteroatoms. The summed E-state index contributed by atoms with van der Waals surface area (Å²) in [5.74, 6) is 0. The van der Waals surface area contributed by atoms with Crippen molar-refractivity contribution in [3.05, 3.63) is 97.1 Å². The molecular formula is C24H18BNO2. The van der Waals surface area contributed by atoms with Gasteiger partial charge in [-0.05, 0) is 17.7 Å². The number of fused-ring (bicyclic) bond motifs is 3. The molecule has 0 aliphatic rings. The lowest BCUT2D eigenvalue weighted by Gasteiger charge is -2.18. The SMILES string of the molecule is OB(O)c1cccc(-c2ccccc2)c1-n1c2ccccc2c2ccccc21. The van der Waals surface area contributed by atoms with Gasteiger partial charge in [-0.25, -0.2) is 0 Å². The van der Waals surface area contributed by atoms with Crippen LogP contribution in [-0.2, 0) is 0 Å². The third kappa shape index (κ3) is 2.54. The van der Waals surface area contributed by atoms with Gasteiger partial charge in [0, 0.05) is 21.8 Å². The molecule has 1 heterocycles. The van der Waals surface area contributed by atoms with Crippen LogP contribution in [0.5, 0.6) is 0 Å². The van der Waals surface area contributed by atoms with Crippen LogP contribution in [0.15, 0.2) is 97.1 Å². The predicted molar refractivity (Wildman–Crippen MR) is 116 cm³/mol. The van der Waals surface area contributed by atoms with Gasteiger partial charge in [-0.2, -0.15) is 0 Å². The average Bonchev–Trinajstić information content (AvgIpc) is 3.08. The van der Waals surface area contributed by atoms with Gasteiger partial charge in [0.15, 0.2) is 0 Å². The Balaban J connectivity index is 1.97. The summed E-state index contributed by atoms with van der Waals surface area (Å²) < 4.78 is 2.14. The van der Waals surface area contributed by atoms with Crippen LogP contribution in [0.25, 0.3) is 38.6 Å². The summed E-state index contributed by atoms with van der Waals surface area (Å²) in [6, 6.07) is 32.2. The zero-order valence-electron chi connectivity index (χ0n) is 15.2. The molecule has 0 saturated heterocycles. The van der Waals surface area contributed by atoms with Crippen LogP contribution in [0.3, 0.4) is 0 Å². The van der Waals surface area contributed by atoms with Crippen molar-refractivity contribution in [2.24, 2.45) is 0 Å². The van der Waals surface area contributed by atoms with E-state index in [0.29, 0.717) is 5.46 Å².